The van der Waals surface area contributed by atoms with Crippen LogP contribution in [-0.2, 0) is 0 Å². The summed E-state index contributed by atoms with van der Waals surface area (Å²) in [5, 5.41) is 4.37. The summed E-state index contributed by atoms with van der Waals surface area (Å²) < 4.78 is 21.0. The number of thiophene rings is 3. The highest BCUT2D eigenvalue weighted by Crippen LogP contribution is 2.49. The van der Waals surface area contributed by atoms with Gasteiger partial charge in [-0.3, -0.25) is 0 Å². The van der Waals surface area contributed by atoms with Crippen LogP contribution in [0.25, 0.3) is 52.2 Å². The van der Waals surface area contributed by atoms with Crippen molar-refractivity contribution in [1.82, 2.24) is 9.13 Å². The fourth-order valence-electron chi connectivity index (χ4n) is 4.67. The second kappa shape index (κ2) is 7.12. The van der Waals surface area contributed by atoms with E-state index in [0.29, 0.717) is 0 Å². The smallest absolute Gasteiger partial charge is 0.119 e. The maximum Gasteiger partial charge on any atom is 0.119 e. The Bertz CT molecular complexity index is 1650. The zero-order valence-electron chi connectivity index (χ0n) is 17.9. The topological polar surface area (TPSA) is 28.3 Å². The zero-order valence-corrected chi connectivity index (χ0v) is 20.3. The molecule has 7 aromatic rings. The van der Waals surface area contributed by atoms with Crippen molar-refractivity contribution in [2.24, 2.45) is 0 Å². The maximum atomic E-state index is 5.41. The molecule has 0 bridgehead atoms. The van der Waals surface area contributed by atoms with Crippen LogP contribution < -0.4 is 9.47 Å². The summed E-state index contributed by atoms with van der Waals surface area (Å²) in [6.45, 7) is 0. The van der Waals surface area contributed by atoms with Gasteiger partial charge >= 0.3 is 0 Å². The average molecular weight is 487 g/mol. The molecule has 0 N–H and O–H groups in total. The van der Waals surface area contributed by atoms with Crippen molar-refractivity contribution in [2.45, 2.75) is 0 Å². The predicted molar refractivity (Wildman–Crippen MR) is 142 cm³/mol. The Morgan fingerprint density at radius 1 is 0.545 bits per heavy atom. The summed E-state index contributed by atoms with van der Waals surface area (Å²) in [6, 6.07) is 21.1. The van der Waals surface area contributed by atoms with Crippen LogP contribution in [0.1, 0.15) is 0 Å². The first-order valence-corrected chi connectivity index (χ1v) is 13.1. The molecule has 162 valence electrons. The standard InChI is InChI=1S/C26H18N2O2S3/c1-29-17-7-3-15(4-8-17)27-19-11-13-31-23(19)25-21(27)22-26(33-25)24-20(12-14-32-24)28(22)16-5-9-18(30-2)10-6-16/h3-14H,1-2H3. The maximum absolute atomic E-state index is 5.41. The van der Waals surface area contributed by atoms with E-state index in [1.165, 1.54) is 40.9 Å². The minimum absolute atomic E-state index is 0.862. The third kappa shape index (κ3) is 2.61. The van der Waals surface area contributed by atoms with Gasteiger partial charge in [-0.15, -0.1) is 34.0 Å². The van der Waals surface area contributed by atoms with Crippen molar-refractivity contribution in [2.75, 3.05) is 14.2 Å². The zero-order chi connectivity index (χ0) is 22.1. The lowest BCUT2D eigenvalue weighted by atomic mass is 10.2. The summed E-state index contributed by atoms with van der Waals surface area (Å²) in [5.41, 5.74) is 7.31. The molecule has 0 spiro atoms. The molecular formula is C26H18N2O2S3. The Labute approximate surface area is 201 Å². The van der Waals surface area contributed by atoms with Crippen LogP contribution in [0, 0.1) is 0 Å². The highest BCUT2D eigenvalue weighted by molar-refractivity contribution is 7.33. The van der Waals surface area contributed by atoms with Crippen LogP contribution in [0.15, 0.2) is 71.4 Å². The molecule has 0 aliphatic carbocycles. The minimum atomic E-state index is 0.862. The summed E-state index contributed by atoms with van der Waals surface area (Å²) >= 11 is 5.54. The lowest BCUT2D eigenvalue weighted by Gasteiger charge is -2.11. The van der Waals surface area contributed by atoms with Crippen molar-refractivity contribution in [3.05, 3.63) is 71.4 Å². The van der Waals surface area contributed by atoms with Crippen LogP contribution in [0.4, 0.5) is 0 Å². The number of nitrogens with zero attached hydrogens (tertiary/aromatic N) is 2. The molecule has 0 saturated heterocycles. The summed E-state index contributed by atoms with van der Waals surface area (Å²) in [4.78, 5) is 0. The van der Waals surface area contributed by atoms with Gasteiger partial charge in [0.2, 0.25) is 0 Å². The average Bonchev–Trinajstić information content (AvgIpc) is 3.64. The fourth-order valence-corrected chi connectivity index (χ4v) is 8.01. The van der Waals surface area contributed by atoms with Crippen LogP contribution in [0.2, 0.25) is 0 Å². The third-order valence-corrected chi connectivity index (χ3v) is 9.45. The van der Waals surface area contributed by atoms with E-state index in [-0.39, 0.29) is 0 Å². The molecule has 0 saturated carbocycles. The molecule has 0 aliphatic rings. The van der Waals surface area contributed by atoms with Crippen molar-refractivity contribution in [3.8, 4) is 22.9 Å². The number of hydrogen-bond acceptors (Lipinski definition) is 5. The highest BCUT2D eigenvalue weighted by Gasteiger charge is 2.25. The molecule has 0 atom stereocenters. The first kappa shape index (κ1) is 19.2. The molecule has 7 heteroatoms. The molecule has 5 heterocycles. The predicted octanol–water partition coefficient (Wildman–Crippen LogP) is 8.08. The van der Waals surface area contributed by atoms with Gasteiger partial charge in [0.05, 0.1) is 55.1 Å². The molecule has 0 radical (unpaired) electrons. The van der Waals surface area contributed by atoms with Gasteiger partial charge in [-0.1, -0.05) is 0 Å². The highest BCUT2D eigenvalue weighted by atomic mass is 32.1. The van der Waals surface area contributed by atoms with Crippen molar-refractivity contribution < 1.29 is 9.47 Å². The van der Waals surface area contributed by atoms with E-state index in [2.05, 4.69) is 56.3 Å². The first-order chi connectivity index (χ1) is 16.3. The van der Waals surface area contributed by atoms with E-state index in [1.807, 2.05) is 58.3 Å². The number of ether oxygens (including phenoxy) is 2. The molecule has 0 amide bonds. The van der Waals surface area contributed by atoms with Crippen molar-refractivity contribution in [1.29, 1.82) is 0 Å². The van der Waals surface area contributed by atoms with Gasteiger partial charge in [0.1, 0.15) is 11.5 Å². The Morgan fingerprint density at radius 3 is 1.36 bits per heavy atom. The normalized spacial score (nSPS) is 11.9. The Morgan fingerprint density at radius 2 is 0.970 bits per heavy atom. The van der Waals surface area contributed by atoms with E-state index in [1.54, 1.807) is 14.2 Å². The van der Waals surface area contributed by atoms with E-state index >= 15 is 0 Å². The SMILES string of the molecule is COc1ccc(-n2c3ccsc3c3sc4c5sccc5n(-c5ccc(OC)cc5)c4c32)cc1. The number of hydrogen-bond donors (Lipinski definition) is 0. The summed E-state index contributed by atoms with van der Waals surface area (Å²) in [7, 11) is 3.41. The van der Waals surface area contributed by atoms with Gasteiger partial charge in [0.15, 0.2) is 0 Å². The van der Waals surface area contributed by atoms with Crippen LogP contribution in [-0.4, -0.2) is 23.4 Å². The fraction of sp³-hybridized carbons (Fsp3) is 0.0769. The molecule has 33 heavy (non-hydrogen) atoms. The van der Waals surface area contributed by atoms with Gasteiger partial charge in [-0.2, -0.15) is 0 Å². The molecule has 0 aliphatic heterocycles. The van der Waals surface area contributed by atoms with E-state index in [4.69, 9.17) is 9.47 Å². The molecule has 2 aromatic carbocycles. The van der Waals surface area contributed by atoms with Gasteiger partial charge in [-0.25, -0.2) is 0 Å². The molecule has 5 aromatic heterocycles. The van der Waals surface area contributed by atoms with Crippen molar-refractivity contribution in [3.63, 3.8) is 0 Å². The summed E-state index contributed by atoms with van der Waals surface area (Å²) in [6.07, 6.45) is 0. The molecule has 7 rings (SSSR count). The molecule has 0 fully saturated rings. The quantitative estimate of drug-likeness (QED) is 0.251. The van der Waals surface area contributed by atoms with E-state index < -0.39 is 0 Å². The van der Waals surface area contributed by atoms with E-state index in [0.717, 1.165) is 22.9 Å². The largest absolute Gasteiger partial charge is 0.497 e. The second-order valence-electron chi connectivity index (χ2n) is 7.79. The lowest BCUT2D eigenvalue weighted by Crippen LogP contribution is -1.97. The van der Waals surface area contributed by atoms with Crippen LogP contribution >= 0.6 is 34.0 Å². The van der Waals surface area contributed by atoms with Gasteiger partial charge in [0.25, 0.3) is 0 Å². The third-order valence-electron chi connectivity index (χ3n) is 6.15. The van der Waals surface area contributed by atoms with Crippen molar-refractivity contribution >= 4 is 74.9 Å². The second-order valence-corrected chi connectivity index (χ2v) is 10.6. The number of aromatic nitrogens is 2. The molecule has 4 nitrogen and oxygen atoms in total. The number of benzene rings is 2. The van der Waals surface area contributed by atoms with Gasteiger partial charge < -0.3 is 18.6 Å². The minimum Gasteiger partial charge on any atom is -0.497 e. The summed E-state index contributed by atoms with van der Waals surface area (Å²) in [5.74, 6) is 1.72. The Hall–Kier alpha value is -3.26. The lowest BCUT2D eigenvalue weighted by molar-refractivity contribution is 0.414. The van der Waals surface area contributed by atoms with Gasteiger partial charge in [-0.05, 0) is 71.4 Å². The molecule has 0 unspecified atom stereocenters. The Kier molecular flexibility index (Phi) is 4.15. The number of fused-ring (bicyclic) bond motifs is 7. The molecular weight excluding hydrogens is 468 g/mol. The van der Waals surface area contributed by atoms with Crippen LogP contribution in [0.3, 0.4) is 0 Å². The van der Waals surface area contributed by atoms with Crippen LogP contribution in [0.5, 0.6) is 11.5 Å². The number of methoxy groups -OCH3 is 2. The first-order valence-electron chi connectivity index (χ1n) is 10.5. The monoisotopic (exact) mass is 486 g/mol. The number of rotatable bonds is 4. The Balaban J connectivity index is 1.64. The van der Waals surface area contributed by atoms with Gasteiger partial charge in [0, 0.05) is 11.4 Å². The van der Waals surface area contributed by atoms with E-state index in [9.17, 15) is 0 Å².